The second kappa shape index (κ2) is 12.4. The quantitative estimate of drug-likeness (QED) is 0.309. The molecule has 0 aromatic heterocycles. The molecule has 1 atom stereocenters. The molecule has 146 valence electrons. The third-order valence-electron chi connectivity index (χ3n) is 4.01. The third-order valence-corrected chi connectivity index (χ3v) is 5.41. The van der Waals surface area contributed by atoms with Crippen LogP contribution in [-0.2, 0) is 11.3 Å². The van der Waals surface area contributed by atoms with Crippen molar-refractivity contribution in [3.8, 4) is 0 Å². The van der Waals surface area contributed by atoms with Crippen LogP contribution in [0.15, 0.2) is 29.3 Å². The van der Waals surface area contributed by atoms with Crippen LogP contribution in [0, 0.1) is 5.92 Å². The zero-order chi connectivity index (χ0) is 18.1. The van der Waals surface area contributed by atoms with Crippen molar-refractivity contribution >= 4 is 53.3 Å². The molecule has 0 aliphatic carbocycles. The number of nitrogens with zero attached hydrogens (tertiary/aromatic N) is 1. The fourth-order valence-corrected chi connectivity index (χ4v) is 3.97. The molecule has 26 heavy (non-hydrogen) atoms. The molecule has 1 aromatic rings. The first-order chi connectivity index (χ1) is 12.1. The highest BCUT2D eigenvalue weighted by Crippen LogP contribution is 2.25. The van der Waals surface area contributed by atoms with Crippen molar-refractivity contribution in [2.24, 2.45) is 10.9 Å². The van der Waals surface area contributed by atoms with E-state index in [0.717, 1.165) is 23.8 Å². The molecule has 1 amide bonds. The van der Waals surface area contributed by atoms with E-state index < -0.39 is 0 Å². The summed E-state index contributed by atoms with van der Waals surface area (Å²) in [5, 5.41) is 10.4. The Labute approximate surface area is 178 Å². The van der Waals surface area contributed by atoms with E-state index in [1.807, 2.05) is 49.9 Å². The average Bonchev–Trinajstić information content (AvgIpc) is 3.08. The van der Waals surface area contributed by atoms with E-state index in [4.69, 9.17) is 0 Å². The van der Waals surface area contributed by atoms with Crippen LogP contribution in [0.1, 0.15) is 38.7 Å². The first kappa shape index (κ1) is 23.1. The molecule has 3 N–H and O–H groups in total. The largest absolute Gasteiger partial charge is 0.355 e. The predicted molar refractivity (Wildman–Crippen MR) is 124 cm³/mol. The van der Waals surface area contributed by atoms with Gasteiger partial charge in [-0.15, -0.1) is 24.0 Å². The van der Waals surface area contributed by atoms with Crippen molar-refractivity contribution in [3.63, 3.8) is 0 Å². The second-order valence-corrected chi connectivity index (χ2v) is 8.20. The van der Waals surface area contributed by atoms with Gasteiger partial charge in [0.2, 0.25) is 5.91 Å². The van der Waals surface area contributed by atoms with Crippen LogP contribution in [0.5, 0.6) is 0 Å². The normalized spacial score (nSPS) is 16.9. The Hall–Kier alpha value is -0.960. The Kier molecular flexibility index (Phi) is 11.0. The summed E-state index contributed by atoms with van der Waals surface area (Å²) in [4.78, 5) is 16.2. The van der Waals surface area contributed by atoms with Gasteiger partial charge in [0.25, 0.3) is 0 Å². The first-order valence-corrected chi connectivity index (χ1v) is 10.1. The number of carbonyl (C=O) groups is 1. The number of aliphatic imine (C=N–C) groups is 1. The van der Waals surface area contributed by atoms with Crippen LogP contribution in [0.3, 0.4) is 0 Å². The molecule has 1 aliphatic heterocycles. The topological polar surface area (TPSA) is 65.5 Å². The van der Waals surface area contributed by atoms with Crippen LogP contribution < -0.4 is 16.0 Å². The van der Waals surface area contributed by atoms with Gasteiger partial charge < -0.3 is 16.0 Å². The molecule has 1 heterocycles. The van der Waals surface area contributed by atoms with E-state index in [2.05, 4.69) is 20.9 Å². The van der Waals surface area contributed by atoms with Gasteiger partial charge in [-0.25, -0.2) is 0 Å². The SMILES string of the molecule is CN=C(NCc1cccc(NC(=O)CC(C)C)c1)NCC1CCCS1.I. The third kappa shape index (κ3) is 8.62. The van der Waals surface area contributed by atoms with Crippen LogP contribution in [-0.4, -0.2) is 36.5 Å². The number of rotatable bonds is 7. The van der Waals surface area contributed by atoms with E-state index in [1.165, 1.54) is 18.6 Å². The minimum Gasteiger partial charge on any atom is -0.355 e. The van der Waals surface area contributed by atoms with E-state index in [9.17, 15) is 4.79 Å². The molecular weight excluding hydrogens is 459 g/mol. The lowest BCUT2D eigenvalue weighted by Crippen LogP contribution is -2.39. The number of nitrogens with one attached hydrogen (secondary N) is 3. The van der Waals surface area contributed by atoms with Gasteiger partial charge in [0.05, 0.1) is 0 Å². The number of guanidine groups is 1. The van der Waals surface area contributed by atoms with E-state index >= 15 is 0 Å². The van der Waals surface area contributed by atoms with E-state index in [1.54, 1.807) is 7.05 Å². The van der Waals surface area contributed by atoms with Gasteiger partial charge in [0.1, 0.15) is 0 Å². The zero-order valence-electron chi connectivity index (χ0n) is 15.9. The maximum Gasteiger partial charge on any atom is 0.224 e. The summed E-state index contributed by atoms with van der Waals surface area (Å²) < 4.78 is 0. The summed E-state index contributed by atoms with van der Waals surface area (Å²) in [5.41, 5.74) is 1.95. The number of carbonyl (C=O) groups excluding carboxylic acids is 1. The lowest BCUT2D eigenvalue weighted by molar-refractivity contribution is -0.116. The minimum atomic E-state index is 0. The van der Waals surface area contributed by atoms with Crippen LogP contribution >= 0.6 is 35.7 Å². The van der Waals surface area contributed by atoms with Gasteiger partial charge in [-0.05, 0) is 42.2 Å². The van der Waals surface area contributed by atoms with E-state index in [0.29, 0.717) is 24.1 Å². The molecular formula is C19H31IN4OS. The Morgan fingerprint density at radius 2 is 2.15 bits per heavy atom. The standard InChI is InChI=1S/C19H30N4OS.HI/c1-14(2)10-18(24)23-16-7-4-6-15(11-16)12-21-19(20-3)22-13-17-8-5-9-25-17;/h4,6-7,11,14,17H,5,8-10,12-13H2,1-3H3,(H,23,24)(H2,20,21,22);1H. The molecule has 0 spiro atoms. The average molecular weight is 490 g/mol. The van der Waals surface area contributed by atoms with Gasteiger partial charge in [-0.2, -0.15) is 11.8 Å². The molecule has 1 aromatic carbocycles. The van der Waals surface area contributed by atoms with Crippen molar-refractivity contribution < 1.29 is 4.79 Å². The van der Waals surface area contributed by atoms with Crippen molar-refractivity contribution in [2.75, 3.05) is 24.7 Å². The summed E-state index contributed by atoms with van der Waals surface area (Å²) >= 11 is 2.04. The maximum absolute atomic E-state index is 11.9. The van der Waals surface area contributed by atoms with E-state index in [-0.39, 0.29) is 29.9 Å². The molecule has 0 bridgehead atoms. The Morgan fingerprint density at radius 1 is 1.35 bits per heavy atom. The Balaban J connectivity index is 0.00000338. The Morgan fingerprint density at radius 3 is 2.81 bits per heavy atom. The molecule has 2 rings (SSSR count). The summed E-state index contributed by atoms with van der Waals surface area (Å²) in [6, 6.07) is 7.94. The molecule has 1 saturated heterocycles. The number of anilines is 1. The molecule has 1 fully saturated rings. The molecule has 0 radical (unpaired) electrons. The number of halogens is 1. The molecule has 0 saturated carbocycles. The highest BCUT2D eigenvalue weighted by atomic mass is 127. The highest BCUT2D eigenvalue weighted by molar-refractivity contribution is 14.0. The van der Waals surface area contributed by atoms with Crippen LogP contribution in [0.2, 0.25) is 0 Å². The fraction of sp³-hybridized carbons (Fsp3) is 0.579. The lowest BCUT2D eigenvalue weighted by Gasteiger charge is -2.15. The minimum absolute atomic E-state index is 0. The number of hydrogen-bond acceptors (Lipinski definition) is 3. The highest BCUT2D eigenvalue weighted by Gasteiger charge is 2.15. The summed E-state index contributed by atoms with van der Waals surface area (Å²) in [5.74, 6) is 2.51. The molecule has 7 heteroatoms. The van der Waals surface area contributed by atoms with Crippen molar-refractivity contribution in [2.45, 2.75) is 44.9 Å². The van der Waals surface area contributed by atoms with Crippen molar-refractivity contribution in [3.05, 3.63) is 29.8 Å². The number of hydrogen-bond donors (Lipinski definition) is 3. The van der Waals surface area contributed by atoms with Crippen LogP contribution in [0.25, 0.3) is 0 Å². The van der Waals surface area contributed by atoms with Crippen molar-refractivity contribution in [1.29, 1.82) is 0 Å². The van der Waals surface area contributed by atoms with Crippen molar-refractivity contribution in [1.82, 2.24) is 10.6 Å². The lowest BCUT2D eigenvalue weighted by atomic mass is 10.1. The number of benzene rings is 1. The van der Waals surface area contributed by atoms with Gasteiger partial charge in [0, 0.05) is 37.5 Å². The number of thioether (sulfide) groups is 1. The fourth-order valence-electron chi connectivity index (χ4n) is 2.76. The molecule has 1 unspecified atom stereocenters. The summed E-state index contributed by atoms with van der Waals surface area (Å²) in [7, 11) is 1.79. The maximum atomic E-state index is 11.9. The first-order valence-electron chi connectivity index (χ1n) is 9.01. The predicted octanol–water partition coefficient (Wildman–Crippen LogP) is 3.85. The molecule has 5 nitrogen and oxygen atoms in total. The second-order valence-electron chi connectivity index (χ2n) is 6.79. The number of amides is 1. The Bertz CT molecular complexity index is 589. The monoisotopic (exact) mass is 490 g/mol. The summed E-state index contributed by atoms with van der Waals surface area (Å²) in [6.45, 7) is 5.71. The summed E-state index contributed by atoms with van der Waals surface area (Å²) in [6.07, 6.45) is 3.14. The zero-order valence-corrected chi connectivity index (χ0v) is 19.0. The van der Waals surface area contributed by atoms with Gasteiger partial charge >= 0.3 is 0 Å². The van der Waals surface area contributed by atoms with Crippen LogP contribution in [0.4, 0.5) is 5.69 Å². The molecule has 1 aliphatic rings. The smallest absolute Gasteiger partial charge is 0.224 e. The van der Waals surface area contributed by atoms with Gasteiger partial charge in [-0.1, -0.05) is 26.0 Å². The van der Waals surface area contributed by atoms with Gasteiger partial charge in [-0.3, -0.25) is 9.79 Å². The van der Waals surface area contributed by atoms with Gasteiger partial charge in [0.15, 0.2) is 5.96 Å².